The molecule has 0 amide bonds. The van der Waals surface area contributed by atoms with Gasteiger partial charge < -0.3 is 9.53 Å². The van der Waals surface area contributed by atoms with E-state index >= 15 is 0 Å². The maximum atomic E-state index is 12.2. The van der Waals surface area contributed by atoms with E-state index in [9.17, 15) is 4.79 Å². The van der Waals surface area contributed by atoms with E-state index in [0.29, 0.717) is 5.92 Å². The molecule has 20 heavy (non-hydrogen) atoms. The lowest BCUT2D eigenvalue weighted by molar-refractivity contribution is -0.147. The van der Waals surface area contributed by atoms with Crippen LogP contribution in [0.5, 0.6) is 0 Å². The van der Waals surface area contributed by atoms with Crippen LogP contribution in [0, 0.1) is 39.9 Å². The van der Waals surface area contributed by atoms with Gasteiger partial charge >= 0.3 is 0 Å². The molecule has 110 valence electrons. The van der Waals surface area contributed by atoms with Gasteiger partial charge in [0.15, 0.2) is 0 Å². The first kappa shape index (κ1) is 13.1. The minimum atomic E-state index is -0.258. The molecule has 0 N–H and O–H groups in total. The van der Waals surface area contributed by atoms with E-state index in [1.807, 2.05) is 0 Å². The van der Waals surface area contributed by atoms with Crippen LogP contribution < -0.4 is 0 Å². The van der Waals surface area contributed by atoms with Gasteiger partial charge in [0.2, 0.25) is 0 Å². The molecule has 4 rings (SSSR count). The van der Waals surface area contributed by atoms with Crippen molar-refractivity contribution >= 4 is 6.29 Å². The number of carbonyl (C=O) groups is 1. The number of ether oxygens (including phenoxy) is 1. The summed E-state index contributed by atoms with van der Waals surface area (Å²) in [7, 11) is 1.80. The topological polar surface area (TPSA) is 26.3 Å². The normalized spacial score (nSPS) is 59.0. The molecule has 0 heterocycles. The van der Waals surface area contributed by atoms with Gasteiger partial charge in [-0.1, -0.05) is 32.4 Å². The first-order valence-corrected chi connectivity index (χ1v) is 8.19. The standard InChI is InChI=1S/C18H26O2/c1-12-4-5-15-14(12)9-17(11-20-3)13-6-7-18(17,10-19)16(15,2)8-13/h6-7,10,12-15H,4-5,8-9,11H2,1-3H3/t12-,13+,14-,15-,16-,17+,18+/m1/s1. The highest BCUT2D eigenvalue weighted by Gasteiger charge is 2.77. The molecule has 3 fully saturated rings. The fourth-order valence-electron chi connectivity index (χ4n) is 7.01. The molecule has 0 unspecified atom stereocenters. The Kier molecular flexibility index (Phi) is 2.46. The Labute approximate surface area is 122 Å². The second kappa shape index (κ2) is 3.76. The van der Waals surface area contributed by atoms with E-state index in [-0.39, 0.29) is 16.2 Å². The Morgan fingerprint density at radius 1 is 1.35 bits per heavy atom. The van der Waals surface area contributed by atoms with Crippen LogP contribution >= 0.6 is 0 Å². The van der Waals surface area contributed by atoms with Crippen molar-refractivity contribution in [1.29, 1.82) is 0 Å². The second-order valence-electron chi connectivity index (χ2n) is 8.19. The summed E-state index contributed by atoms with van der Waals surface area (Å²) in [5.74, 6) is 2.91. The van der Waals surface area contributed by atoms with Crippen molar-refractivity contribution < 1.29 is 9.53 Å². The third-order valence-electron chi connectivity index (χ3n) is 7.90. The summed E-state index contributed by atoms with van der Waals surface area (Å²) in [6, 6.07) is 0. The number of methoxy groups -OCH3 is 1. The predicted octanol–water partition coefficient (Wildman–Crippen LogP) is 3.47. The van der Waals surface area contributed by atoms with Gasteiger partial charge in [-0.25, -0.2) is 0 Å². The SMILES string of the molecule is COC[C@@]12C[C@@H]3[C@H](C)CC[C@H]3[C@@]3(C)C[C@@H]1C=C[C@@]23C=O. The Hall–Kier alpha value is -0.630. The van der Waals surface area contributed by atoms with Crippen LogP contribution in [0.2, 0.25) is 0 Å². The van der Waals surface area contributed by atoms with Crippen molar-refractivity contribution in [1.82, 2.24) is 0 Å². The van der Waals surface area contributed by atoms with E-state index in [0.717, 1.165) is 24.4 Å². The summed E-state index contributed by atoms with van der Waals surface area (Å²) in [5.41, 5.74) is -0.0374. The molecule has 7 atom stereocenters. The third kappa shape index (κ3) is 1.09. The zero-order chi connectivity index (χ0) is 14.2. The van der Waals surface area contributed by atoms with Crippen molar-refractivity contribution in [3.63, 3.8) is 0 Å². The number of allylic oxidation sites excluding steroid dienone is 2. The van der Waals surface area contributed by atoms with E-state index in [1.54, 1.807) is 7.11 Å². The highest BCUT2D eigenvalue weighted by molar-refractivity contribution is 5.71. The molecule has 4 aliphatic rings. The first-order valence-electron chi connectivity index (χ1n) is 8.19. The molecule has 0 aromatic carbocycles. The average Bonchev–Trinajstić information content (AvgIpc) is 2.97. The molecule has 0 aliphatic heterocycles. The van der Waals surface area contributed by atoms with Crippen LogP contribution in [0.4, 0.5) is 0 Å². The average molecular weight is 274 g/mol. The molecule has 3 saturated carbocycles. The summed E-state index contributed by atoms with van der Waals surface area (Å²) >= 11 is 0. The molecule has 0 aromatic rings. The number of aldehydes is 1. The number of rotatable bonds is 3. The summed E-state index contributed by atoms with van der Waals surface area (Å²) in [4.78, 5) is 12.2. The number of hydrogen-bond donors (Lipinski definition) is 0. The van der Waals surface area contributed by atoms with Crippen LogP contribution in [0.1, 0.15) is 39.5 Å². The van der Waals surface area contributed by atoms with Crippen molar-refractivity contribution in [2.75, 3.05) is 13.7 Å². The maximum absolute atomic E-state index is 12.2. The highest BCUT2D eigenvalue weighted by Crippen LogP contribution is 2.79. The molecule has 0 aromatic heterocycles. The van der Waals surface area contributed by atoms with E-state index in [4.69, 9.17) is 4.74 Å². The van der Waals surface area contributed by atoms with Gasteiger partial charge in [-0.05, 0) is 48.3 Å². The lowest BCUT2D eigenvalue weighted by Crippen LogP contribution is -2.56. The number of fused-ring (bicyclic) bond motifs is 2. The molecule has 2 nitrogen and oxygen atoms in total. The van der Waals surface area contributed by atoms with Gasteiger partial charge in [0, 0.05) is 12.5 Å². The smallest absolute Gasteiger partial charge is 0.131 e. The molecule has 0 radical (unpaired) electrons. The fourth-order valence-corrected chi connectivity index (χ4v) is 7.01. The van der Waals surface area contributed by atoms with Crippen LogP contribution in [0.3, 0.4) is 0 Å². The molecule has 4 aliphatic carbocycles. The number of carbonyl (C=O) groups excluding carboxylic acids is 1. The van der Waals surface area contributed by atoms with E-state index in [2.05, 4.69) is 26.0 Å². The molecular weight excluding hydrogens is 248 g/mol. The molecule has 2 heteroatoms. The van der Waals surface area contributed by atoms with E-state index < -0.39 is 0 Å². The lowest BCUT2D eigenvalue weighted by atomic mass is 9.46. The lowest BCUT2D eigenvalue weighted by Gasteiger charge is -2.56. The van der Waals surface area contributed by atoms with Gasteiger partial charge in [-0.2, -0.15) is 0 Å². The number of hydrogen-bond acceptors (Lipinski definition) is 2. The first-order chi connectivity index (χ1) is 9.54. The molecule has 0 saturated heterocycles. The Bertz CT molecular complexity index is 484. The van der Waals surface area contributed by atoms with E-state index in [1.165, 1.54) is 32.0 Å². The fraction of sp³-hybridized carbons (Fsp3) is 0.833. The summed E-state index contributed by atoms with van der Waals surface area (Å²) in [5, 5.41) is 0. The predicted molar refractivity (Wildman–Crippen MR) is 78.2 cm³/mol. The molecular formula is C18H26O2. The van der Waals surface area contributed by atoms with Crippen molar-refractivity contribution in [2.24, 2.45) is 39.9 Å². The van der Waals surface area contributed by atoms with Crippen molar-refractivity contribution in [3.8, 4) is 0 Å². The Morgan fingerprint density at radius 3 is 2.85 bits per heavy atom. The Morgan fingerprint density at radius 2 is 2.15 bits per heavy atom. The zero-order valence-corrected chi connectivity index (χ0v) is 12.9. The van der Waals surface area contributed by atoms with Gasteiger partial charge in [0.1, 0.15) is 6.29 Å². The van der Waals surface area contributed by atoms with Gasteiger partial charge in [-0.3, -0.25) is 0 Å². The van der Waals surface area contributed by atoms with Crippen molar-refractivity contribution in [3.05, 3.63) is 12.2 Å². The largest absolute Gasteiger partial charge is 0.384 e. The van der Waals surface area contributed by atoms with Crippen molar-refractivity contribution in [2.45, 2.75) is 39.5 Å². The van der Waals surface area contributed by atoms with Gasteiger partial charge in [0.05, 0.1) is 12.0 Å². The quantitative estimate of drug-likeness (QED) is 0.582. The minimum absolute atomic E-state index is 0.0536. The van der Waals surface area contributed by atoms with Gasteiger partial charge in [0.25, 0.3) is 0 Å². The summed E-state index contributed by atoms with van der Waals surface area (Å²) in [6.07, 6.45) is 11.0. The minimum Gasteiger partial charge on any atom is -0.384 e. The summed E-state index contributed by atoms with van der Waals surface area (Å²) in [6.45, 7) is 5.57. The zero-order valence-electron chi connectivity index (χ0n) is 12.9. The van der Waals surface area contributed by atoms with Crippen LogP contribution in [0.15, 0.2) is 12.2 Å². The summed E-state index contributed by atoms with van der Waals surface area (Å²) < 4.78 is 5.64. The molecule has 0 spiro atoms. The van der Waals surface area contributed by atoms with Crippen LogP contribution in [-0.2, 0) is 9.53 Å². The third-order valence-corrected chi connectivity index (χ3v) is 7.90. The monoisotopic (exact) mass is 274 g/mol. The van der Waals surface area contributed by atoms with Gasteiger partial charge in [-0.15, -0.1) is 0 Å². The second-order valence-corrected chi connectivity index (χ2v) is 8.19. The Balaban J connectivity index is 1.89. The maximum Gasteiger partial charge on any atom is 0.131 e. The molecule has 4 bridgehead atoms. The van der Waals surface area contributed by atoms with Crippen LogP contribution in [-0.4, -0.2) is 20.0 Å². The van der Waals surface area contributed by atoms with Crippen LogP contribution in [0.25, 0.3) is 0 Å². The highest BCUT2D eigenvalue weighted by atomic mass is 16.5.